The molecule has 5 rings (SSSR count). The Morgan fingerprint density at radius 3 is 2.61 bits per heavy atom. The topological polar surface area (TPSA) is 78.6 Å². The van der Waals surface area contributed by atoms with Crippen molar-refractivity contribution in [3.63, 3.8) is 0 Å². The molecule has 3 aromatic rings. The summed E-state index contributed by atoms with van der Waals surface area (Å²) in [5.74, 6) is -0.740. The summed E-state index contributed by atoms with van der Waals surface area (Å²) in [5, 5.41) is 7.00. The third-order valence-corrected chi connectivity index (χ3v) is 6.25. The molecule has 8 nitrogen and oxygen atoms in total. The van der Waals surface area contributed by atoms with E-state index in [-0.39, 0.29) is 18.0 Å². The number of likely N-dealkylation sites (tertiary alicyclic amines) is 1. The summed E-state index contributed by atoms with van der Waals surface area (Å²) in [6, 6.07) is 11.5. The first-order chi connectivity index (χ1) is 16.0. The molecule has 33 heavy (non-hydrogen) atoms. The number of halogens is 2. The molecule has 2 aliphatic rings. The average molecular weight is 454 g/mol. The quantitative estimate of drug-likeness (QED) is 0.578. The Hall–Kier alpha value is -3.40. The maximum Gasteiger partial charge on any atom is 0.325 e. The molecule has 1 aromatic carbocycles. The highest BCUT2D eigenvalue weighted by atomic mass is 19.3. The van der Waals surface area contributed by atoms with Crippen LogP contribution in [0.15, 0.2) is 47.0 Å². The number of nitrogens with zero attached hydrogens (tertiary/aromatic N) is 6. The van der Waals surface area contributed by atoms with Crippen molar-refractivity contribution in [3.8, 4) is 11.5 Å². The van der Waals surface area contributed by atoms with E-state index in [4.69, 9.17) is 4.42 Å². The lowest BCUT2D eigenvalue weighted by Gasteiger charge is -2.43. The second-order valence-electron chi connectivity index (χ2n) is 8.44. The number of alkyl halides is 2. The van der Waals surface area contributed by atoms with E-state index < -0.39 is 12.3 Å². The zero-order valence-corrected chi connectivity index (χ0v) is 18.2. The Morgan fingerprint density at radius 2 is 1.91 bits per heavy atom. The molecule has 1 fully saturated rings. The number of anilines is 1. The van der Waals surface area contributed by atoms with Gasteiger partial charge in [0.05, 0.1) is 23.5 Å². The molecule has 0 radical (unpaired) electrons. The monoisotopic (exact) mass is 454 g/mol. The number of fused-ring (bicyclic) bond motifs is 1. The molecule has 172 valence electrons. The zero-order chi connectivity index (χ0) is 22.9. The molecule has 2 aromatic heterocycles. The largest absolute Gasteiger partial charge is 0.415 e. The van der Waals surface area contributed by atoms with Crippen molar-refractivity contribution in [2.75, 3.05) is 25.0 Å². The number of carbonyl (C=O) groups excluding carboxylic acids is 1. The number of rotatable bonds is 5. The first-order valence-electron chi connectivity index (χ1n) is 10.9. The lowest BCUT2D eigenvalue weighted by Crippen LogP contribution is -2.53. The molecule has 4 heterocycles. The summed E-state index contributed by atoms with van der Waals surface area (Å²) in [6.45, 7) is 2.85. The van der Waals surface area contributed by atoms with E-state index in [1.807, 2.05) is 23.1 Å². The van der Waals surface area contributed by atoms with Gasteiger partial charge in [0.1, 0.15) is 0 Å². The van der Waals surface area contributed by atoms with E-state index in [2.05, 4.69) is 33.2 Å². The summed E-state index contributed by atoms with van der Waals surface area (Å²) in [4.78, 5) is 24.0. The number of hydrogen-bond acceptors (Lipinski definition) is 6. The number of carbonyl (C=O) groups is 1. The fourth-order valence-corrected chi connectivity index (χ4v) is 4.41. The van der Waals surface area contributed by atoms with Gasteiger partial charge in [0.15, 0.2) is 0 Å². The number of aromatic nitrogens is 3. The third kappa shape index (κ3) is 4.30. The van der Waals surface area contributed by atoms with Crippen LogP contribution < -0.4 is 4.90 Å². The summed E-state index contributed by atoms with van der Waals surface area (Å²) in [5.41, 5.74) is 3.10. The summed E-state index contributed by atoms with van der Waals surface area (Å²) >= 11 is 0. The number of para-hydroxylation sites is 1. The molecule has 10 heteroatoms. The molecule has 0 bridgehead atoms. The predicted molar refractivity (Wildman–Crippen MR) is 117 cm³/mol. The molecular weight excluding hydrogens is 430 g/mol. The average Bonchev–Trinajstić information content (AvgIpc) is 3.33. The number of hydrogen-bond donors (Lipinski definition) is 0. The van der Waals surface area contributed by atoms with E-state index in [9.17, 15) is 13.6 Å². The van der Waals surface area contributed by atoms with Gasteiger partial charge >= 0.3 is 12.5 Å². The summed E-state index contributed by atoms with van der Waals surface area (Å²) in [7, 11) is 2.10. The lowest BCUT2D eigenvalue weighted by atomic mass is 10.0. The Balaban J connectivity index is 1.37. The van der Waals surface area contributed by atoms with E-state index in [1.165, 1.54) is 6.20 Å². The number of piperidine rings is 1. The minimum Gasteiger partial charge on any atom is -0.415 e. The first-order valence-corrected chi connectivity index (χ1v) is 10.9. The van der Waals surface area contributed by atoms with Crippen molar-refractivity contribution >= 4 is 11.7 Å². The van der Waals surface area contributed by atoms with Gasteiger partial charge in [-0.15, -0.1) is 10.2 Å². The number of pyridine rings is 1. The minimum absolute atomic E-state index is 0.0165. The maximum atomic E-state index is 13.5. The highest BCUT2D eigenvalue weighted by molar-refractivity contribution is 5.95. The normalized spacial score (nSPS) is 17.6. The van der Waals surface area contributed by atoms with Crippen molar-refractivity contribution in [1.29, 1.82) is 0 Å². The van der Waals surface area contributed by atoms with Gasteiger partial charge in [0.2, 0.25) is 5.89 Å². The SMILES string of the molecule is CN1CCC(N2Cc3ccccc3N(Cc3ccc(-c4nnc(C(F)F)o4)cn3)C2=O)CC1. The van der Waals surface area contributed by atoms with Crippen molar-refractivity contribution in [2.24, 2.45) is 0 Å². The first kappa shape index (κ1) is 21.4. The fraction of sp³-hybridized carbons (Fsp3) is 0.391. The number of urea groups is 1. The van der Waals surface area contributed by atoms with Crippen LogP contribution in [0.3, 0.4) is 0 Å². The third-order valence-electron chi connectivity index (χ3n) is 6.25. The van der Waals surface area contributed by atoms with Crippen molar-refractivity contribution in [3.05, 3.63) is 59.7 Å². The van der Waals surface area contributed by atoms with E-state index >= 15 is 0 Å². The molecule has 2 aliphatic heterocycles. The van der Waals surface area contributed by atoms with Crippen molar-refractivity contribution in [2.45, 2.75) is 38.4 Å². The Bertz CT molecular complexity index is 1130. The second kappa shape index (κ2) is 8.86. The van der Waals surface area contributed by atoms with Crippen LogP contribution in [0.1, 0.15) is 36.4 Å². The van der Waals surface area contributed by atoms with E-state index in [1.54, 1.807) is 17.0 Å². The summed E-state index contributed by atoms with van der Waals surface area (Å²) < 4.78 is 30.4. The summed E-state index contributed by atoms with van der Waals surface area (Å²) in [6.07, 6.45) is 0.579. The van der Waals surface area contributed by atoms with Gasteiger partial charge in [0.25, 0.3) is 5.89 Å². The van der Waals surface area contributed by atoms with Gasteiger partial charge in [-0.3, -0.25) is 9.88 Å². The van der Waals surface area contributed by atoms with Crippen molar-refractivity contribution < 1.29 is 18.0 Å². The van der Waals surface area contributed by atoms with Crippen LogP contribution in [0.25, 0.3) is 11.5 Å². The fourth-order valence-electron chi connectivity index (χ4n) is 4.41. The van der Waals surface area contributed by atoms with Crippen LogP contribution in [-0.2, 0) is 13.1 Å². The van der Waals surface area contributed by atoms with Crippen LogP contribution in [0.5, 0.6) is 0 Å². The Labute approximate surface area is 189 Å². The number of amides is 2. The molecule has 2 amide bonds. The van der Waals surface area contributed by atoms with Crippen LogP contribution in [0.2, 0.25) is 0 Å². The molecule has 1 saturated heterocycles. The van der Waals surface area contributed by atoms with Gasteiger partial charge in [-0.25, -0.2) is 4.79 Å². The number of benzene rings is 1. The predicted octanol–water partition coefficient (Wildman–Crippen LogP) is 4.11. The van der Waals surface area contributed by atoms with Gasteiger partial charge in [-0.05, 0) is 56.7 Å². The molecular formula is C23H24F2N6O2. The van der Waals surface area contributed by atoms with Gasteiger partial charge < -0.3 is 14.2 Å². The van der Waals surface area contributed by atoms with Gasteiger partial charge in [-0.1, -0.05) is 18.2 Å². The Kier molecular flexibility index (Phi) is 5.76. The van der Waals surface area contributed by atoms with Crippen molar-refractivity contribution in [1.82, 2.24) is 25.0 Å². The lowest BCUT2D eigenvalue weighted by molar-refractivity contribution is 0.116. The van der Waals surface area contributed by atoms with Gasteiger partial charge in [-0.2, -0.15) is 8.78 Å². The molecule has 0 aliphatic carbocycles. The molecule has 0 atom stereocenters. The standard InChI is InChI=1S/C23H24F2N6O2/c1-29-10-8-18(9-11-29)30-13-16-4-2-3-5-19(16)31(23(30)32)14-17-7-6-15(12-26-17)21-27-28-22(33-21)20(24)25/h2-7,12,18,20H,8-11,13-14H2,1H3. The van der Waals surface area contributed by atoms with Crippen LogP contribution in [0.4, 0.5) is 19.3 Å². The highest BCUT2D eigenvalue weighted by Crippen LogP contribution is 2.33. The highest BCUT2D eigenvalue weighted by Gasteiger charge is 2.35. The zero-order valence-electron chi connectivity index (χ0n) is 18.2. The minimum atomic E-state index is -2.82. The second-order valence-corrected chi connectivity index (χ2v) is 8.44. The smallest absolute Gasteiger partial charge is 0.325 e. The van der Waals surface area contributed by atoms with E-state index in [0.717, 1.165) is 37.2 Å². The Morgan fingerprint density at radius 1 is 1.12 bits per heavy atom. The van der Waals surface area contributed by atoms with E-state index in [0.29, 0.717) is 24.3 Å². The maximum absolute atomic E-state index is 13.5. The molecule has 0 N–H and O–H groups in total. The van der Waals surface area contributed by atoms with Crippen LogP contribution >= 0.6 is 0 Å². The van der Waals surface area contributed by atoms with Gasteiger partial charge in [0, 0.05) is 18.8 Å². The molecule has 0 saturated carbocycles. The molecule has 0 unspecified atom stereocenters. The molecule has 0 spiro atoms. The van der Waals surface area contributed by atoms with Crippen LogP contribution in [-0.4, -0.2) is 57.2 Å². The van der Waals surface area contributed by atoms with Crippen LogP contribution in [0, 0.1) is 0 Å².